The van der Waals surface area contributed by atoms with Gasteiger partial charge in [0.1, 0.15) is 0 Å². The molecule has 0 aliphatic heterocycles. The van der Waals surface area contributed by atoms with Crippen molar-refractivity contribution in [3.05, 3.63) is 46.9 Å². The second-order valence-corrected chi connectivity index (χ2v) is 8.05. The van der Waals surface area contributed by atoms with E-state index in [4.69, 9.17) is 5.73 Å². The molecule has 1 aromatic rings. The SMILES string of the molecule is CC/C=C(/CCCCCC(=O)N/C(C)=C(\N)CC/C=C\CCC)Nc1nccs1. The average molecular weight is 419 g/mol. The first-order chi connectivity index (χ1) is 14.1. The van der Waals surface area contributed by atoms with Crippen LogP contribution in [-0.2, 0) is 4.79 Å². The topological polar surface area (TPSA) is 80.0 Å². The summed E-state index contributed by atoms with van der Waals surface area (Å²) in [7, 11) is 0. The third-order valence-electron chi connectivity index (χ3n) is 4.51. The molecule has 0 radical (unpaired) electrons. The number of allylic oxidation sites excluding steroid dienone is 6. The number of thiazole rings is 1. The van der Waals surface area contributed by atoms with Crippen molar-refractivity contribution >= 4 is 22.4 Å². The van der Waals surface area contributed by atoms with Gasteiger partial charge in [-0.3, -0.25) is 4.79 Å². The zero-order valence-corrected chi connectivity index (χ0v) is 19.1. The van der Waals surface area contributed by atoms with Crippen LogP contribution in [0.15, 0.2) is 46.9 Å². The third kappa shape index (κ3) is 12.2. The van der Waals surface area contributed by atoms with Crippen LogP contribution in [0.2, 0.25) is 0 Å². The van der Waals surface area contributed by atoms with E-state index < -0.39 is 0 Å². The lowest BCUT2D eigenvalue weighted by atomic mass is 10.1. The molecule has 1 aromatic heterocycles. The molecule has 0 fully saturated rings. The second-order valence-electron chi connectivity index (χ2n) is 7.16. The quantitative estimate of drug-likeness (QED) is 0.232. The van der Waals surface area contributed by atoms with Crippen molar-refractivity contribution < 1.29 is 4.79 Å². The highest BCUT2D eigenvalue weighted by atomic mass is 32.1. The van der Waals surface area contributed by atoms with Crippen LogP contribution < -0.4 is 16.4 Å². The molecule has 0 spiro atoms. The highest BCUT2D eigenvalue weighted by molar-refractivity contribution is 7.13. The van der Waals surface area contributed by atoms with E-state index in [1.807, 2.05) is 18.5 Å². The first-order valence-electron chi connectivity index (χ1n) is 10.8. The number of carbonyl (C=O) groups is 1. The Morgan fingerprint density at radius 3 is 2.59 bits per heavy atom. The van der Waals surface area contributed by atoms with Crippen LogP contribution in [0.3, 0.4) is 0 Å². The van der Waals surface area contributed by atoms with Gasteiger partial charge in [0.2, 0.25) is 5.91 Å². The number of unbranched alkanes of at least 4 members (excludes halogenated alkanes) is 3. The Morgan fingerprint density at radius 2 is 1.90 bits per heavy atom. The molecule has 1 amide bonds. The van der Waals surface area contributed by atoms with E-state index in [9.17, 15) is 4.79 Å². The summed E-state index contributed by atoms with van der Waals surface area (Å²) in [6.07, 6.45) is 17.8. The Balaban J connectivity index is 2.23. The summed E-state index contributed by atoms with van der Waals surface area (Å²) < 4.78 is 0. The molecular weight excluding hydrogens is 380 g/mol. The van der Waals surface area contributed by atoms with E-state index in [1.54, 1.807) is 11.3 Å². The number of hydrogen-bond donors (Lipinski definition) is 3. The van der Waals surface area contributed by atoms with Gasteiger partial charge in [0, 0.05) is 35.1 Å². The molecule has 1 rings (SSSR count). The van der Waals surface area contributed by atoms with Crippen molar-refractivity contribution in [2.75, 3.05) is 5.32 Å². The molecule has 0 saturated carbocycles. The Kier molecular flexibility index (Phi) is 13.6. The number of carbonyl (C=O) groups excluding carboxylic acids is 1. The minimum absolute atomic E-state index is 0.0530. The smallest absolute Gasteiger partial charge is 0.224 e. The van der Waals surface area contributed by atoms with Gasteiger partial charge in [-0.2, -0.15) is 0 Å². The monoisotopic (exact) mass is 418 g/mol. The fraction of sp³-hybridized carbons (Fsp3) is 0.565. The summed E-state index contributed by atoms with van der Waals surface area (Å²) in [6, 6.07) is 0. The minimum Gasteiger partial charge on any atom is -0.401 e. The van der Waals surface area contributed by atoms with Crippen LogP contribution in [0.4, 0.5) is 5.13 Å². The van der Waals surface area contributed by atoms with E-state index in [1.165, 1.54) is 5.70 Å². The summed E-state index contributed by atoms with van der Waals surface area (Å²) in [6.45, 7) is 6.19. The summed E-state index contributed by atoms with van der Waals surface area (Å²) in [5, 5.41) is 9.24. The first-order valence-corrected chi connectivity index (χ1v) is 11.7. The van der Waals surface area contributed by atoms with Gasteiger partial charge in [0.25, 0.3) is 0 Å². The molecule has 0 aliphatic rings. The summed E-state index contributed by atoms with van der Waals surface area (Å²) >= 11 is 1.61. The highest BCUT2D eigenvalue weighted by Crippen LogP contribution is 2.18. The Labute approximate surface area is 180 Å². The number of hydrogen-bond acceptors (Lipinski definition) is 5. The summed E-state index contributed by atoms with van der Waals surface area (Å²) in [5.41, 5.74) is 8.86. The Hall–Kier alpha value is -2.08. The molecule has 0 atom stereocenters. The van der Waals surface area contributed by atoms with Crippen LogP contribution in [0.25, 0.3) is 0 Å². The number of nitrogens with one attached hydrogen (secondary N) is 2. The van der Waals surface area contributed by atoms with Gasteiger partial charge < -0.3 is 16.4 Å². The largest absolute Gasteiger partial charge is 0.401 e. The van der Waals surface area contributed by atoms with Crippen molar-refractivity contribution in [3.8, 4) is 0 Å². The van der Waals surface area contributed by atoms with Gasteiger partial charge >= 0.3 is 0 Å². The number of amides is 1. The number of aromatic nitrogens is 1. The maximum atomic E-state index is 12.1. The molecule has 162 valence electrons. The van der Waals surface area contributed by atoms with Gasteiger partial charge in [-0.15, -0.1) is 11.3 Å². The van der Waals surface area contributed by atoms with Gasteiger partial charge in [0.05, 0.1) is 0 Å². The number of rotatable bonds is 15. The Bertz CT molecular complexity index is 662. The second kappa shape index (κ2) is 15.8. The fourth-order valence-electron chi connectivity index (χ4n) is 2.84. The van der Waals surface area contributed by atoms with Crippen LogP contribution in [0, 0.1) is 0 Å². The standard InChI is InChI=1S/C23H38N4OS/c1-4-6-7-8-11-15-21(24)19(3)26-22(28)16-12-9-10-14-20(13-5-2)27-23-25-17-18-29-23/h7-8,13,17-18H,4-6,9-12,14-16,24H2,1-3H3,(H,25,27)(H,26,28)/b8-7-,20-13-,21-19-. The zero-order chi connectivity index (χ0) is 21.3. The molecular formula is C23H38N4OS. The van der Waals surface area contributed by atoms with Crippen molar-refractivity contribution in [2.24, 2.45) is 5.73 Å². The maximum Gasteiger partial charge on any atom is 0.224 e. The molecule has 0 aliphatic carbocycles. The molecule has 6 heteroatoms. The summed E-state index contributed by atoms with van der Waals surface area (Å²) in [5.74, 6) is 0.0530. The minimum atomic E-state index is 0.0530. The molecule has 0 bridgehead atoms. The van der Waals surface area contributed by atoms with E-state index in [2.05, 4.69) is 47.7 Å². The Morgan fingerprint density at radius 1 is 1.14 bits per heavy atom. The van der Waals surface area contributed by atoms with Crippen molar-refractivity contribution in [1.82, 2.24) is 10.3 Å². The lowest BCUT2D eigenvalue weighted by Gasteiger charge is -2.10. The molecule has 0 aromatic carbocycles. The predicted octanol–water partition coefficient (Wildman–Crippen LogP) is 6.24. The molecule has 0 unspecified atom stereocenters. The van der Waals surface area contributed by atoms with Gasteiger partial charge in [-0.1, -0.05) is 44.9 Å². The van der Waals surface area contributed by atoms with Crippen molar-refractivity contribution in [2.45, 2.75) is 85.0 Å². The normalized spacial score (nSPS) is 12.9. The maximum absolute atomic E-state index is 12.1. The van der Waals surface area contributed by atoms with E-state index >= 15 is 0 Å². The lowest BCUT2D eigenvalue weighted by molar-refractivity contribution is -0.120. The van der Waals surface area contributed by atoms with Crippen molar-refractivity contribution in [1.29, 1.82) is 0 Å². The van der Waals surface area contributed by atoms with E-state index in [-0.39, 0.29) is 5.91 Å². The number of anilines is 1. The van der Waals surface area contributed by atoms with E-state index in [0.29, 0.717) is 6.42 Å². The molecule has 4 N–H and O–H groups in total. The summed E-state index contributed by atoms with van der Waals surface area (Å²) in [4.78, 5) is 16.4. The zero-order valence-electron chi connectivity index (χ0n) is 18.3. The van der Waals surface area contributed by atoms with Crippen LogP contribution in [-0.4, -0.2) is 10.9 Å². The number of nitrogens with two attached hydrogens (primary N) is 1. The molecule has 5 nitrogen and oxygen atoms in total. The molecule has 1 heterocycles. The van der Waals surface area contributed by atoms with Crippen LogP contribution >= 0.6 is 11.3 Å². The predicted molar refractivity (Wildman–Crippen MR) is 126 cm³/mol. The third-order valence-corrected chi connectivity index (χ3v) is 5.20. The van der Waals surface area contributed by atoms with E-state index in [0.717, 1.165) is 74.3 Å². The first kappa shape index (κ1) is 25.0. The average Bonchev–Trinajstić information content (AvgIpc) is 3.20. The number of nitrogens with zero attached hydrogens (tertiary/aromatic N) is 1. The van der Waals surface area contributed by atoms with Crippen molar-refractivity contribution in [3.63, 3.8) is 0 Å². The van der Waals surface area contributed by atoms with Gasteiger partial charge in [0.15, 0.2) is 5.13 Å². The van der Waals surface area contributed by atoms with Gasteiger partial charge in [-0.05, 0) is 51.9 Å². The van der Waals surface area contributed by atoms with Gasteiger partial charge in [-0.25, -0.2) is 4.98 Å². The van der Waals surface area contributed by atoms with Crippen LogP contribution in [0.1, 0.15) is 85.0 Å². The van der Waals surface area contributed by atoms with Crippen LogP contribution in [0.5, 0.6) is 0 Å². The molecule has 0 saturated heterocycles. The lowest BCUT2D eigenvalue weighted by Crippen LogP contribution is -2.23. The molecule has 29 heavy (non-hydrogen) atoms. The fourth-order valence-corrected chi connectivity index (χ4v) is 3.41. The highest BCUT2D eigenvalue weighted by Gasteiger charge is 2.05.